The van der Waals surface area contributed by atoms with Crippen molar-refractivity contribution >= 4 is 11.3 Å². The number of nitrogens with zero attached hydrogens (tertiary/aromatic N) is 1. The Kier molecular flexibility index (Phi) is 1.73. The predicted octanol–water partition coefficient (Wildman–Crippen LogP) is 0.268. The van der Waals surface area contributed by atoms with Crippen LogP contribution >= 0.6 is 0 Å². The van der Waals surface area contributed by atoms with Crippen LogP contribution in [0.15, 0.2) is 0 Å². The summed E-state index contributed by atoms with van der Waals surface area (Å²) in [6.07, 6.45) is 0. The molecule has 0 aliphatic carbocycles. The second-order valence-electron chi connectivity index (χ2n) is 1.77. The van der Waals surface area contributed by atoms with Crippen molar-refractivity contribution in [1.82, 2.24) is 10.2 Å². The molecule has 2 N–H and O–H groups in total. The van der Waals surface area contributed by atoms with Gasteiger partial charge >= 0.3 is 0 Å². The molecule has 0 amide bonds. The molecule has 1 aromatic rings. The Morgan fingerprint density at radius 2 is 2.30 bits per heavy atom. The fraction of sp³-hybridized carbons (Fsp3) is 0.200. The lowest BCUT2D eigenvalue weighted by Gasteiger charge is -1.76. The van der Waals surface area contributed by atoms with Gasteiger partial charge in [-0.1, -0.05) is 0 Å². The first-order valence-electron chi connectivity index (χ1n) is 2.59. The highest BCUT2D eigenvalue weighted by molar-refractivity contribution is 7.56. The fourth-order valence-electron chi connectivity index (χ4n) is 0.615. The summed E-state index contributed by atoms with van der Waals surface area (Å²) in [6, 6.07) is 1.91. The van der Waals surface area contributed by atoms with Crippen LogP contribution in [0.4, 0.5) is 0 Å². The van der Waals surface area contributed by atoms with E-state index in [1.54, 1.807) is 6.92 Å². The molecule has 0 fully saturated rings. The van der Waals surface area contributed by atoms with Gasteiger partial charge in [-0.25, -0.2) is 4.21 Å². The first-order chi connectivity index (χ1) is 4.79. The van der Waals surface area contributed by atoms with Crippen molar-refractivity contribution in [3.8, 4) is 6.07 Å². The van der Waals surface area contributed by atoms with Crippen LogP contribution < -0.4 is 0 Å². The van der Waals surface area contributed by atoms with E-state index in [0.29, 0.717) is 27.2 Å². The minimum absolute atomic E-state index is 0.344. The molecule has 0 saturated heterocycles. The fourth-order valence-corrected chi connectivity index (χ4v) is 0.935. The zero-order valence-electron chi connectivity index (χ0n) is 5.26. The van der Waals surface area contributed by atoms with Crippen molar-refractivity contribution in [2.24, 2.45) is 0 Å². The van der Waals surface area contributed by atoms with Crippen LogP contribution in [0.5, 0.6) is 0 Å². The molecular formula is C5H5N3OS. The van der Waals surface area contributed by atoms with Gasteiger partial charge in [0.1, 0.15) is 23.0 Å². The lowest BCUT2D eigenvalue weighted by atomic mass is 10.3. The molecule has 0 aliphatic rings. The number of nitrogens with one attached hydrogen (secondary N) is 2. The van der Waals surface area contributed by atoms with E-state index >= 15 is 0 Å². The maximum Gasteiger partial charge on any atom is 0.153 e. The first-order valence-corrected chi connectivity index (χ1v) is 3.34. The number of nitriles is 1. The molecule has 4 nitrogen and oxygen atoms in total. The highest BCUT2D eigenvalue weighted by Gasteiger charge is 1.98. The molecule has 1 heterocycles. The van der Waals surface area contributed by atoms with E-state index in [4.69, 9.17) is 5.26 Å². The van der Waals surface area contributed by atoms with Gasteiger partial charge in [0, 0.05) is 5.56 Å². The van der Waals surface area contributed by atoms with Crippen molar-refractivity contribution in [2.45, 2.75) is 6.92 Å². The minimum Gasteiger partial charge on any atom is -0.290 e. The molecule has 0 radical (unpaired) electrons. The summed E-state index contributed by atoms with van der Waals surface area (Å²) in [4.78, 5) is 0. The smallest absolute Gasteiger partial charge is 0.153 e. The van der Waals surface area contributed by atoms with E-state index in [2.05, 4.69) is 10.2 Å². The van der Waals surface area contributed by atoms with Gasteiger partial charge < -0.3 is 0 Å². The number of aromatic nitrogens is 2. The third kappa shape index (κ3) is 0.890. The van der Waals surface area contributed by atoms with Crippen LogP contribution in [0.1, 0.15) is 11.3 Å². The molecule has 0 saturated carbocycles. The Morgan fingerprint density at radius 3 is 2.60 bits per heavy atom. The minimum atomic E-state index is 0.344. The number of rotatable bonds is 0. The second-order valence-corrected chi connectivity index (χ2v) is 2.35. The van der Waals surface area contributed by atoms with Gasteiger partial charge in [-0.3, -0.25) is 10.2 Å². The van der Waals surface area contributed by atoms with Crippen LogP contribution in [0.3, 0.4) is 0 Å². The number of aromatic amines is 2. The third-order valence-electron chi connectivity index (χ3n) is 1.21. The second kappa shape index (κ2) is 2.54. The molecular weight excluding hydrogens is 150 g/mol. The van der Waals surface area contributed by atoms with Crippen LogP contribution in [0.2, 0.25) is 0 Å². The number of hydrogen-bond donors (Lipinski definition) is 2. The standard InChI is InChI=1S/C5H5N3OS/c1-3-4(2-6)7-8-5(3)10-9/h7-8H,1H3. The molecule has 5 heteroatoms. The maximum absolute atomic E-state index is 10.2. The Morgan fingerprint density at radius 1 is 1.60 bits per heavy atom. The molecule has 10 heavy (non-hydrogen) atoms. The van der Waals surface area contributed by atoms with Gasteiger partial charge in [-0.05, 0) is 6.92 Å². The van der Waals surface area contributed by atoms with Crippen molar-refractivity contribution < 1.29 is 4.21 Å². The van der Waals surface area contributed by atoms with Crippen LogP contribution in [0.25, 0.3) is 0 Å². The molecule has 0 aromatic carbocycles. The van der Waals surface area contributed by atoms with Gasteiger partial charge in [0.25, 0.3) is 0 Å². The average Bonchev–Trinajstić information content (AvgIpc) is 2.30. The number of H-pyrrole nitrogens is 2. The lowest BCUT2D eigenvalue weighted by molar-refractivity contribution is 0.699. The predicted molar refractivity (Wildman–Crippen MR) is 36.0 cm³/mol. The largest absolute Gasteiger partial charge is 0.290 e. The third-order valence-corrected chi connectivity index (χ3v) is 1.79. The van der Waals surface area contributed by atoms with Crippen molar-refractivity contribution in [3.63, 3.8) is 0 Å². The topological polar surface area (TPSA) is 72.4 Å². The molecule has 1 aromatic heterocycles. The van der Waals surface area contributed by atoms with Crippen LogP contribution in [-0.2, 0) is 11.3 Å². The van der Waals surface area contributed by atoms with Gasteiger partial charge in [-0.2, -0.15) is 5.26 Å². The van der Waals surface area contributed by atoms with Gasteiger partial charge in [-0.15, -0.1) is 0 Å². The van der Waals surface area contributed by atoms with Crippen molar-refractivity contribution in [2.75, 3.05) is 0 Å². The summed E-state index contributed by atoms with van der Waals surface area (Å²) < 4.78 is 10.7. The van der Waals surface area contributed by atoms with Gasteiger partial charge in [0.05, 0.1) is 0 Å². The Bertz CT molecular complexity index is 363. The monoisotopic (exact) mass is 155 g/mol. The van der Waals surface area contributed by atoms with Crippen LogP contribution in [0, 0.1) is 22.9 Å². The van der Waals surface area contributed by atoms with Crippen molar-refractivity contribution in [1.29, 1.82) is 5.26 Å². The number of hydrogen-bond acceptors (Lipinski definition) is 2. The molecule has 0 atom stereocenters. The van der Waals surface area contributed by atoms with E-state index in [-0.39, 0.29) is 0 Å². The molecule has 0 aliphatic heterocycles. The van der Waals surface area contributed by atoms with E-state index in [1.807, 2.05) is 6.07 Å². The highest BCUT2D eigenvalue weighted by Crippen LogP contribution is 2.00. The summed E-state index contributed by atoms with van der Waals surface area (Å²) >= 11 is 0.344. The van der Waals surface area contributed by atoms with Crippen molar-refractivity contribution in [3.05, 3.63) is 15.9 Å². The summed E-state index contributed by atoms with van der Waals surface area (Å²) in [5.41, 5.74) is 1.10. The molecule has 0 unspecified atom stereocenters. The summed E-state index contributed by atoms with van der Waals surface area (Å²) in [6.45, 7) is 1.71. The maximum atomic E-state index is 10.2. The summed E-state index contributed by atoms with van der Waals surface area (Å²) in [5, 5.41) is 13.6. The van der Waals surface area contributed by atoms with E-state index in [9.17, 15) is 4.21 Å². The quantitative estimate of drug-likeness (QED) is 0.528. The average molecular weight is 155 g/mol. The van der Waals surface area contributed by atoms with E-state index in [0.717, 1.165) is 0 Å². The Labute approximate surface area is 60.6 Å². The highest BCUT2D eigenvalue weighted by atomic mass is 32.1. The van der Waals surface area contributed by atoms with Gasteiger partial charge in [0.15, 0.2) is 4.64 Å². The molecule has 1 rings (SSSR count). The Balaban J connectivity index is 3.55. The summed E-state index contributed by atoms with van der Waals surface area (Å²) in [5.74, 6) is 0. The zero-order valence-corrected chi connectivity index (χ0v) is 6.08. The Hall–Kier alpha value is -1.28. The van der Waals surface area contributed by atoms with Crippen LogP contribution in [-0.4, -0.2) is 14.4 Å². The molecule has 0 bridgehead atoms. The molecule has 52 valence electrons. The zero-order chi connectivity index (χ0) is 7.56. The van der Waals surface area contributed by atoms with Gasteiger partial charge in [0.2, 0.25) is 0 Å². The molecule has 0 spiro atoms. The normalized spacial score (nSPS) is 8.80. The first kappa shape index (κ1) is 6.83. The van der Waals surface area contributed by atoms with E-state index in [1.165, 1.54) is 0 Å². The summed E-state index contributed by atoms with van der Waals surface area (Å²) in [7, 11) is 0. The lowest BCUT2D eigenvalue weighted by Crippen LogP contribution is -1.74. The SMILES string of the molecule is Cc1c(C#N)[nH][nH]c1=S=O. The van der Waals surface area contributed by atoms with E-state index < -0.39 is 0 Å².